The van der Waals surface area contributed by atoms with E-state index in [9.17, 15) is 0 Å². The first-order chi connectivity index (χ1) is 5.63. The summed E-state index contributed by atoms with van der Waals surface area (Å²) < 4.78 is 0. The van der Waals surface area contributed by atoms with Gasteiger partial charge in [0.2, 0.25) is 5.95 Å². The average Bonchev–Trinajstić information content (AvgIpc) is 2.03. The topological polar surface area (TPSA) is 55.0 Å². The van der Waals surface area contributed by atoms with Crippen LogP contribution in [0.5, 0.6) is 0 Å². The van der Waals surface area contributed by atoms with Crippen LogP contribution < -0.4 is 10.6 Å². The molecule has 1 aromatic heterocycles. The van der Waals surface area contributed by atoms with Gasteiger partial charge in [-0.05, 0) is 13.0 Å². The molecule has 4 nitrogen and oxygen atoms in total. The Bertz CT molecular complexity index is 270. The minimum atomic E-state index is 0.463. The predicted octanol–water partition coefficient (Wildman–Crippen LogP) is 0.310. The Morgan fingerprint density at radius 2 is 2.08 bits per heavy atom. The molecule has 0 saturated heterocycles. The van der Waals surface area contributed by atoms with Crippen molar-refractivity contribution >= 4 is 5.95 Å². The molecule has 0 amide bonds. The predicted molar refractivity (Wildman–Crippen MR) is 49.0 cm³/mol. The van der Waals surface area contributed by atoms with Crippen LogP contribution in [0.15, 0.2) is 6.07 Å². The third-order valence-corrected chi connectivity index (χ3v) is 1.50. The van der Waals surface area contributed by atoms with Crippen molar-refractivity contribution in [1.29, 1.82) is 0 Å². The van der Waals surface area contributed by atoms with Crippen molar-refractivity contribution in [1.82, 2.24) is 9.97 Å². The molecule has 0 aromatic carbocycles. The zero-order valence-corrected chi connectivity index (χ0v) is 7.70. The lowest BCUT2D eigenvalue weighted by molar-refractivity contribution is 0.907. The Morgan fingerprint density at radius 1 is 1.42 bits per heavy atom. The monoisotopic (exact) mass is 166 g/mol. The number of anilines is 1. The van der Waals surface area contributed by atoms with Crippen molar-refractivity contribution < 1.29 is 0 Å². The van der Waals surface area contributed by atoms with Crippen LogP contribution in [0.3, 0.4) is 0 Å². The van der Waals surface area contributed by atoms with Gasteiger partial charge >= 0.3 is 0 Å². The first-order valence-corrected chi connectivity index (χ1v) is 3.85. The summed E-state index contributed by atoms with van der Waals surface area (Å²) in [6, 6.07) is 1.90. The number of aryl methyl sites for hydroxylation is 1. The van der Waals surface area contributed by atoms with E-state index in [1.165, 1.54) is 0 Å². The molecular weight excluding hydrogens is 152 g/mol. The Morgan fingerprint density at radius 3 is 2.58 bits per heavy atom. The quantitative estimate of drug-likeness (QED) is 0.687. The zero-order valence-electron chi connectivity index (χ0n) is 7.70. The normalized spacial score (nSPS) is 10.0. The lowest BCUT2D eigenvalue weighted by Gasteiger charge is -2.11. The molecule has 0 aliphatic rings. The number of rotatable bonds is 2. The molecule has 0 aliphatic heterocycles. The highest BCUT2D eigenvalue weighted by atomic mass is 15.2. The van der Waals surface area contributed by atoms with E-state index in [1.54, 1.807) is 0 Å². The van der Waals surface area contributed by atoms with Crippen LogP contribution in [-0.2, 0) is 6.54 Å². The summed E-state index contributed by atoms with van der Waals surface area (Å²) in [5, 5.41) is 0. The molecule has 0 bridgehead atoms. The highest BCUT2D eigenvalue weighted by molar-refractivity contribution is 5.29. The maximum absolute atomic E-state index is 5.48. The molecule has 0 radical (unpaired) electrons. The molecule has 4 heteroatoms. The molecule has 1 rings (SSSR count). The summed E-state index contributed by atoms with van der Waals surface area (Å²) in [7, 11) is 3.82. The Hall–Kier alpha value is -1.16. The van der Waals surface area contributed by atoms with Gasteiger partial charge in [0.15, 0.2) is 0 Å². The molecule has 0 atom stereocenters. The number of hydrogen-bond acceptors (Lipinski definition) is 4. The van der Waals surface area contributed by atoms with Crippen LogP contribution in [-0.4, -0.2) is 24.1 Å². The van der Waals surface area contributed by atoms with Gasteiger partial charge in [-0.1, -0.05) is 0 Å². The van der Waals surface area contributed by atoms with E-state index in [-0.39, 0.29) is 0 Å². The Kier molecular flexibility index (Phi) is 2.60. The zero-order chi connectivity index (χ0) is 9.14. The summed E-state index contributed by atoms with van der Waals surface area (Å²) >= 11 is 0. The molecule has 66 valence electrons. The third-order valence-electron chi connectivity index (χ3n) is 1.50. The van der Waals surface area contributed by atoms with E-state index in [2.05, 4.69) is 9.97 Å². The second-order valence-electron chi connectivity index (χ2n) is 2.90. The third kappa shape index (κ3) is 1.92. The number of aromatic nitrogens is 2. The van der Waals surface area contributed by atoms with Gasteiger partial charge in [-0.25, -0.2) is 9.97 Å². The number of hydrogen-bond donors (Lipinski definition) is 1. The molecular formula is C8H14N4. The van der Waals surface area contributed by atoms with Crippen LogP contribution in [0.2, 0.25) is 0 Å². The smallest absolute Gasteiger partial charge is 0.225 e. The minimum absolute atomic E-state index is 0.463. The van der Waals surface area contributed by atoms with E-state index < -0.39 is 0 Å². The van der Waals surface area contributed by atoms with Crippen molar-refractivity contribution in [2.24, 2.45) is 5.73 Å². The van der Waals surface area contributed by atoms with Gasteiger partial charge in [0, 0.05) is 26.3 Å². The van der Waals surface area contributed by atoms with Crippen LogP contribution in [0.4, 0.5) is 5.95 Å². The van der Waals surface area contributed by atoms with Gasteiger partial charge in [-0.2, -0.15) is 0 Å². The van der Waals surface area contributed by atoms with Crippen molar-refractivity contribution in [2.75, 3.05) is 19.0 Å². The largest absolute Gasteiger partial charge is 0.347 e. The van der Waals surface area contributed by atoms with Crippen LogP contribution in [0.1, 0.15) is 11.4 Å². The number of nitrogens with two attached hydrogens (primary N) is 1. The van der Waals surface area contributed by atoms with E-state index in [4.69, 9.17) is 5.73 Å². The SMILES string of the molecule is Cc1cc(CN)nc(N(C)C)n1. The second kappa shape index (κ2) is 3.49. The summed E-state index contributed by atoms with van der Waals surface area (Å²) in [5.41, 5.74) is 7.31. The first-order valence-electron chi connectivity index (χ1n) is 3.85. The number of nitrogens with zero attached hydrogens (tertiary/aromatic N) is 3. The lowest BCUT2D eigenvalue weighted by atomic mass is 10.3. The van der Waals surface area contributed by atoms with E-state index in [0.717, 1.165) is 17.3 Å². The second-order valence-corrected chi connectivity index (χ2v) is 2.90. The molecule has 0 aliphatic carbocycles. The van der Waals surface area contributed by atoms with Gasteiger partial charge in [0.25, 0.3) is 0 Å². The van der Waals surface area contributed by atoms with Crippen molar-refractivity contribution in [2.45, 2.75) is 13.5 Å². The molecule has 0 unspecified atom stereocenters. The average molecular weight is 166 g/mol. The van der Waals surface area contributed by atoms with Gasteiger partial charge in [0.1, 0.15) is 0 Å². The summed E-state index contributed by atoms with van der Waals surface area (Å²) in [5.74, 6) is 0.718. The Balaban J connectivity index is 3.06. The van der Waals surface area contributed by atoms with E-state index in [0.29, 0.717) is 6.54 Å². The molecule has 1 heterocycles. The van der Waals surface area contributed by atoms with Gasteiger partial charge in [-0.3, -0.25) is 0 Å². The highest BCUT2D eigenvalue weighted by Gasteiger charge is 2.01. The summed E-state index contributed by atoms with van der Waals surface area (Å²) in [6.45, 7) is 2.40. The summed E-state index contributed by atoms with van der Waals surface area (Å²) in [6.07, 6.45) is 0. The fourth-order valence-corrected chi connectivity index (χ4v) is 0.921. The van der Waals surface area contributed by atoms with E-state index >= 15 is 0 Å². The highest BCUT2D eigenvalue weighted by Crippen LogP contribution is 2.06. The molecule has 1 aromatic rings. The molecule has 2 N–H and O–H groups in total. The molecule has 0 spiro atoms. The first kappa shape index (κ1) is 8.93. The molecule has 0 saturated carbocycles. The fourth-order valence-electron chi connectivity index (χ4n) is 0.921. The minimum Gasteiger partial charge on any atom is -0.347 e. The maximum atomic E-state index is 5.48. The van der Waals surface area contributed by atoms with Gasteiger partial charge in [0.05, 0.1) is 5.69 Å². The standard InChI is InChI=1S/C8H14N4/c1-6-4-7(5-9)11-8(10-6)12(2)3/h4H,5,9H2,1-3H3. The van der Waals surface area contributed by atoms with Crippen molar-refractivity contribution in [3.8, 4) is 0 Å². The van der Waals surface area contributed by atoms with Crippen LogP contribution in [0, 0.1) is 6.92 Å². The lowest BCUT2D eigenvalue weighted by Crippen LogP contribution is -2.15. The van der Waals surface area contributed by atoms with Gasteiger partial charge < -0.3 is 10.6 Å². The van der Waals surface area contributed by atoms with Crippen LogP contribution >= 0.6 is 0 Å². The summed E-state index contributed by atoms with van der Waals surface area (Å²) in [4.78, 5) is 10.3. The van der Waals surface area contributed by atoms with Crippen molar-refractivity contribution in [3.63, 3.8) is 0 Å². The van der Waals surface area contributed by atoms with Gasteiger partial charge in [-0.15, -0.1) is 0 Å². The Labute approximate surface area is 72.4 Å². The van der Waals surface area contributed by atoms with E-state index in [1.807, 2.05) is 32.0 Å². The maximum Gasteiger partial charge on any atom is 0.225 e. The molecule has 12 heavy (non-hydrogen) atoms. The molecule has 0 fully saturated rings. The fraction of sp³-hybridized carbons (Fsp3) is 0.500. The van der Waals surface area contributed by atoms with Crippen molar-refractivity contribution in [3.05, 3.63) is 17.5 Å². The van der Waals surface area contributed by atoms with Crippen LogP contribution in [0.25, 0.3) is 0 Å².